The summed E-state index contributed by atoms with van der Waals surface area (Å²) < 4.78 is 43.6. The molecule has 1 aromatic carbocycles. The van der Waals surface area contributed by atoms with Crippen molar-refractivity contribution >= 4 is 11.4 Å². The zero-order chi connectivity index (χ0) is 19.1. The van der Waals surface area contributed by atoms with Gasteiger partial charge in [-0.05, 0) is 45.1 Å². The van der Waals surface area contributed by atoms with E-state index in [0.717, 1.165) is 17.5 Å². The number of hydrogen-bond donors (Lipinski definition) is 3. The monoisotopic (exact) mass is 369 g/mol. The third-order valence-corrected chi connectivity index (χ3v) is 4.69. The maximum absolute atomic E-state index is 12.6. The van der Waals surface area contributed by atoms with Gasteiger partial charge in [0.1, 0.15) is 5.75 Å². The van der Waals surface area contributed by atoms with Gasteiger partial charge in [-0.15, -0.1) is 0 Å². The molecule has 1 unspecified atom stereocenters. The van der Waals surface area contributed by atoms with Crippen LogP contribution in [0, 0.1) is 0 Å². The second kappa shape index (κ2) is 6.42. The number of alkyl halides is 3. The Morgan fingerprint density at radius 1 is 1.19 bits per heavy atom. The lowest BCUT2D eigenvalue weighted by Crippen LogP contribution is -2.47. The maximum atomic E-state index is 12.6. The van der Waals surface area contributed by atoms with Gasteiger partial charge in [-0.3, -0.25) is 0 Å². The molecule has 2 aliphatic heterocycles. The molecule has 2 heterocycles. The molecule has 142 valence electrons. The molecule has 0 saturated heterocycles. The Labute approximate surface area is 150 Å². The largest absolute Gasteiger partial charge is 0.441 e. The van der Waals surface area contributed by atoms with E-state index >= 15 is 0 Å². The summed E-state index contributed by atoms with van der Waals surface area (Å²) in [4.78, 5) is 2.02. The lowest BCUT2D eigenvalue weighted by Gasteiger charge is -2.35. The number of rotatable bonds is 4. The maximum Gasteiger partial charge on any atom is 0.414 e. The van der Waals surface area contributed by atoms with Crippen molar-refractivity contribution in [2.45, 2.75) is 38.6 Å². The number of anilines is 2. The summed E-state index contributed by atoms with van der Waals surface area (Å²) in [5, 5.41) is 16.2. The van der Waals surface area contributed by atoms with Crippen LogP contribution in [0.15, 0.2) is 41.8 Å². The van der Waals surface area contributed by atoms with E-state index in [9.17, 15) is 18.3 Å². The van der Waals surface area contributed by atoms with E-state index in [1.54, 1.807) is 19.9 Å². The van der Waals surface area contributed by atoms with Crippen molar-refractivity contribution in [3.63, 3.8) is 0 Å². The number of benzene rings is 1. The van der Waals surface area contributed by atoms with Crippen LogP contribution < -0.4 is 20.3 Å². The van der Waals surface area contributed by atoms with Crippen LogP contribution in [0.1, 0.15) is 20.8 Å². The molecule has 0 amide bonds. The molecule has 0 fully saturated rings. The van der Waals surface area contributed by atoms with Gasteiger partial charge in [0, 0.05) is 12.6 Å². The predicted octanol–water partition coefficient (Wildman–Crippen LogP) is 3.35. The second-order valence-electron chi connectivity index (χ2n) is 6.99. The number of allylic oxidation sites excluding steroid dienone is 2. The van der Waals surface area contributed by atoms with Crippen LogP contribution >= 0.6 is 0 Å². The predicted molar refractivity (Wildman–Crippen MR) is 94.0 cm³/mol. The average molecular weight is 369 g/mol. The molecule has 0 bridgehead atoms. The highest BCUT2D eigenvalue weighted by atomic mass is 19.4. The number of dihydropyridines is 1. The van der Waals surface area contributed by atoms with Crippen LogP contribution in [0.25, 0.3) is 0 Å². The Hall–Kier alpha value is -2.35. The number of hydrogen-bond acceptors (Lipinski definition) is 5. The van der Waals surface area contributed by atoms with Gasteiger partial charge in [-0.25, -0.2) is 0 Å². The average Bonchev–Trinajstić information content (AvgIpc) is 2.96. The van der Waals surface area contributed by atoms with Crippen molar-refractivity contribution in [3.8, 4) is 5.75 Å². The first kappa shape index (κ1) is 18.4. The molecule has 2 aliphatic rings. The molecule has 1 aromatic rings. The SMILES string of the molecule is CC(N1CNc2ccc(OC3=CC=C(C(F)(F)F)CN3)cc21)C(C)(C)O. The number of halogens is 3. The molecular formula is C18H22F3N3O2. The molecule has 0 radical (unpaired) electrons. The van der Waals surface area contributed by atoms with E-state index in [1.807, 2.05) is 24.0 Å². The highest BCUT2D eigenvalue weighted by Crippen LogP contribution is 2.38. The smallest absolute Gasteiger partial charge is 0.414 e. The van der Waals surface area contributed by atoms with Crippen LogP contribution in [0.5, 0.6) is 5.75 Å². The van der Waals surface area contributed by atoms with E-state index in [-0.39, 0.29) is 18.5 Å². The van der Waals surface area contributed by atoms with Crippen LogP contribution in [0.3, 0.4) is 0 Å². The van der Waals surface area contributed by atoms with E-state index in [4.69, 9.17) is 4.74 Å². The van der Waals surface area contributed by atoms with Gasteiger partial charge in [0.25, 0.3) is 0 Å². The third kappa shape index (κ3) is 3.75. The molecule has 8 heteroatoms. The lowest BCUT2D eigenvalue weighted by atomic mass is 9.99. The minimum atomic E-state index is -4.35. The summed E-state index contributed by atoms with van der Waals surface area (Å²) in [6.45, 7) is 5.65. The quantitative estimate of drug-likeness (QED) is 0.760. The van der Waals surface area contributed by atoms with E-state index in [2.05, 4.69) is 10.6 Å². The molecule has 3 N–H and O–H groups in total. The summed E-state index contributed by atoms with van der Waals surface area (Å²) in [7, 11) is 0. The summed E-state index contributed by atoms with van der Waals surface area (Å²) in [5.74, 6) is 0.758. The molecular weight excluding hydrogens is 347 g/mol. The summed E-state index contributed by atoms with van der Waals surface area (Å²) in [6, 6.07) is 5.26. The van der Waals surface area contributed by atoms with Crippen LogP contribution in [-0.2, 0) is 0 Å². The van der Waals surface area contributed by atoms with Gasteiger partial charge in [-0.1, -0.05) is 0 Å². The zero-order valence-corrected chi connectivity index (χ0v) is 14.8. The normalized spacial score (nSPS) is 18.3. The summed E-state index contributed by atoms with van der Waals surface area (Å²) in [5.41, 5.74) is 0.248. The summed E-state index contributed by atoms with van der Waals surface area (Å²) >= 11 is 0. The molecule has 5 nitrogen and oxygen atoms in total. The Morgan fingerprint density at radius 3 is 2.50 bits per heavy atom. The minimum Gasteiger partial charge on any atom is -0.441 e. The van der Waals surface area contributed by atoms with Gasteiger partial charge < -0.3 is 25.4 Å². The van der Waals surface area contributed by atoms with Gasteiger partial charge in [-0.2, -0.15) is 13.2 Å². The van der Waals surface area contributed by atoms with Crippen molar-refractivity contribution < 1.29 is 23.0 Å². The number of nitrogens with one attached hydrogen (secondary N) is 2. The lowest BCUT2D eigenvalue weighted by molar-refractivity contribution is -0.0931. The molecule has 1 atom stereocenters. The fourth-order valence-electron chi connectivity index (χ4n) is 2.81. The molecule has 0 spiro atoms. The first-order chi connectivity index (χ1) is 12.1. The number of aliphatic hydroxyl groups is 1. The highest BCUT2D eigenvalue weighted by Gasteiger charge is 2.34. The first-order valence-electron chi connectivity index (χ1n) is 8.32. The molecule has 26 heavy (non-hydrogen) atoms. The minimum absolute atomic E-state index is 0.143. The fourth-order valence-corrected chi connectivity index (χ4v) is 2.81. The zero-order valence-electron chi connectivity index (χ0n) is 14.8. The van der Waals surface area contributed by atoms with Crippen LogP contribution in [0.2, 0.25) is 0 Å². The molecule has 0 saturated carbocycles. The molecule has 0 aliphatic carbocycles. The first-order valence-corrected chi connectivity index (χ1v) is 8.32. The summed E-state index contributed by atoms with van der Waals surface area (Å²) in [6.07, 6.45) is -2.06. The highest BCUT2D eigenvalue weighted by molar-refractivity contribution is 5.77. The van der Waals surface area contributed by atoms with E-state index in [1.165, 1.54) is 6.08 Å². The fraction of sp³-hybridized carbons (Fsp3) is 0.444. The van der Waals surface area contributed by atoms with Gasteiger partial charge in [0.05, 0.1) is 35.3 Å². The number of nitrogens with zero attached hydrogens (tertiary/aromatic N) is 1. The Bertz CT molecular complexity index is 751. The number of fused-ring (bicyclic) bond motifs is 1. The van der Waals surface area contributed by atoms with Crippen LogP contribution in [0.4, 0.5) is 24.5 Å². The topological polar surface area (TPSA) is 56.8 Å². The van der Waals surface area contributed by atoms with Crippen molar-refractivity contribution in [2.75, 3.05) is 23.4 Å². The number of ether oxygens (including phenoxy) is 1. The Balaban J connectivity index is 1.78. The molecule has 0 aromatic heterocycles. The van der Waals surface area contributed by atoms with Crippen molar-refractivity contribution in [2.24, 2.45) is 0 Å². The Kier molecular flexibility index (Phi) is 4.56. The van der Waals surface area contributed by atoms with Gasteiger partial charge in [0.15, 0.2) is 5.88 Å². The van der Waals surface area contributed by atoms with Gasteiger partial charge >= 0.3 is 6.18 Å². The van der Waals surface area contributed by atoms with Crippen molar-refractivity contribution in [1.29, 1.82) is 0 Å². The van der Waals surface area contributed by atoms with Gasteiger partial charge in [0.2, 0.25) is 0 Å². The third-order valence-electron chi connectivity index (χ3n) is 4.69. The van der Waals surface area contributed by atoms with Crippen LogP contribution in [-0.4, -0.2) is 36.1 Å². The van der Waals surface area contributed by atoms with Crippen molar-refractivity contribution in [3.05, 3.63) is 41.8 Å². The van der Waals surface area contributed by atoms with Crippen molar-refractivity contribution in [1.82, 2.24) is 5.32 Å². The second-order valence-corrected chi connectivity index (χ2v) is 6.99. The molecule has 3 rings (SSSR count). The standard InChI is InChI=1S/C18H22F3N3O2/c1-11(17(2,3)25)24-10-23-14-6-5-13(8-15(14)24)26-16-7-4-12(9-22-16)18(19,20)21/h4-8,11,22-23,25H,9-10H2,1-3H3. The van der Waals surface area contributed by atoms with E-state index < -0.39 is 17.4 Å². The Morgan fingerprint density at radius 2 is 1.92 bits per heavy atom. The van der Waals surface area contributed by atoms with E-state index in [0.29, 0.717) is 12.4 Å².